The van der Waals surface area contributed by atoms with Crippen molar-refractivity contribution in [2.75, 3.05) is 13.2 Å². The Labute approximate surface area is 428 Å². The molecule has 0 aliphatic heterocycles. The maximum Gasteiger partial charge on any atom is 0.306 e. The van der Waals surface area contributed by atoms with Gasteiger partial charge < -0.3 is 14.2 Å². The van der Waals surface area contributed by atoms with Crippen molar-refractivity contribution in [3.63, 3.8) is 0 Å². The van der Waals surface area contributed by atoms with Gasteiger partial charge in [0.2, 0.25) is 0 Å². The molecule has 400 valence electrons. The number of ether oxygens (including phenoxy) is 3. The lowest BCUT2D eigenvalue weighted by Crippen LogP contribution is -2.30. The van der Waals surface area contributed by atoms with Gasteiger partial charge in [0.05, 0.1) is 0 Å². The second kappa shape index (κ2) is 57.7. The minimum Gasteiger partial charge on any atom is -0.462 e. The van der Waals surface area contributed by atoms with Crippen LogP contribution < -0.4 is 0 Å². The van der Waals surface area contributed by atoms with Crippen molar-refractivity contribution in [1.29, 1.82) is 0 Å². The summed E-state index contributed by atoms with van der Waals surface area (Å²) < 4.78 is 16.7. The van der Waals surface area contributed by atoms with Crippen molar-refractivity contribution in [3.8, 4) is 0 Å². The molecule has 1 unspecified atom stereocenters. The van der Waals surface area contributed by atoms with E-state index in [1.165, 1.54) is 161 Å². The van der Waals surface area contributed by atoms with Gasteiger partial charge in [0.15, 0.2) is 6.10 Å². The normalized spacial score (nSPS) is 12.4. The molecule has 0 radical (unpaired) electrons. The molecule has 69 heavy (non-hydrogen) atoms. The molecule has 0 aromatic rings. The van der Waals surface area contributed by atoms with Gasteiger partial charge in [0.25, 0.3) is 0 Å². The average molecular weight is 966 g/mol. The summed E-state index contributed by atoms with van der Waals surface area (Å²) in [5.74, 6) is -0.880. The van der Waals surface area contributed by atoms with Gasteiger partial charge in [-0.1, -0.05) is 281 Å². The molecule has 6 heteroatoms. The van der Waals surface area contributed by atoms with Crippen LogP contribution in [-0.4, -0.2) is 37.2 Å². The molecule has 0 N–H and O–H groups in total. The monoisotopic (exact) mass is 965 g/mol. The third-order valence-corrected chi connectivity index (χ3v) is 13.0. The number of carbonyl (C=O) groups excluding carboxylic acids is 3. The van der Waals surface area contributed by atoms with Crippen molar-refractivity contribution < 1.29 is 28.6 Å². The van der Waals surface area contributed by atoms with Gasteiger partial charge in [-0.15, -0.1) is 0 Å². The van der Waals surface area contributed by atoms with Crippen LogP contribution in [0.4, 0.5) is 0 Å². The Kier molecular flexibility index (Phi) is 55.3. The molecule has 0 spiro atoms. The minimum atomic E-state index is -0.771. The first-order chi connectivity index (χ1) is 34.0. The second-order valence-corrected chi connectivity index (χ2v) is 19.9. The lowest BCUT2D eigenvalue weighted by Gasteiger charge is -2.18. The van der Waals surface area contributed by atoms with E-state index in [1.807, 2.05) is 0 Å². The highest BCUT2D eigenvalue weighted by Gasteiger charge is 2.19. The maximum absolute atomic E-state index is 12.8. The molecule has 0 bridgehead atoms. The van der Waals surface area contributed by atoms with Crippen LogP contribution >= 0.6 is 0 Å². The number of hydrogen-bond acceptors (Lipinski definition) is 6. The predicted octanol–water partition coefficient (Wildman–Crippen LogP) is 20.0. The molecular formula is C63H112O6. The van der Waals surface area contributed by atoms with E-state index in [0.717, 1.165) is 103 Å². The maximum atomic E-state index is 12.8. The summed E-state index contributed by atoms with van der Waals surface area (Å²) in [6.45, 7) is 6.47. The lowest BCUT2D eigenvalue weighted by atomic mass is 10.0. The summed E-state index contributed by atoms with van der Waals surface area (Å²) in [6.07, 6.45) is 72.6. The second-order valence-electron chi connectivity index (χ2n) is 19.9. The van der Waals surface area contributed by atoms with Gasteiger partial charge in [-0.3, -0.25) is 14.4 Å². The van der Waals surface area contributed by atoms with Crippen LogP contribution in [0.25, 0.3) is 0 Å². The van der Waals surface area contributed by atoms with Gasteiger partial charge in [-0.25, -0.2) is 0 Å². The van der Waals surface area contributed by atoms with E-state index >= 15 is 0 Å². The van der Waals surface area contributed by atoms with Crippen molar-refractivity contribution in [2.24, 2.45) is 0 Å². The quantitative estimate of drug-likeness (QED) is 0.0262. The highest BCUT2D eigenvalue weighted by Crippen LogP contribution is 2.17. The Morgan fingerprint density at radius 1 is 0.304 bits per heavy atom. The first-order valence-corrected chi connectivity index (χ1v) is 29.8. The molecule has 6 nitrogen and oxygen atoms in total. The predicted molar refractivity (Wildman–Crippen MR) is 298 cm³/mol. The molecular weight excluding hydrogens is 853 g/mol. The molecule has 0 fully saturated rings. The van der Waals surface area contributed by atoms with E-state index in [9.17, 15) is 14.4 Å². The molecule has 1 atom stereocenters. The molecule has 0 aliphatic carbocycles. The van der Waals surface area contributed by atoms with Crippen molar-refractivity contribution in [1.82, 2.24) is 0 Å². The molecule has 0 saturated carbocycles. The molecule has 0 aromatic carbocycles. The molecule has 0 rings (SSSR count). The topological polar surface area (TPSA) is 78.9 Å². The third-order valence-electron chi connectivity index (χ3n) is 13.0. The van der Waals surface area contributed by atoms with Gasteiger partial charge in [0, 0.05) is 19.3 Å². The van der Waals surface area contributed by atoms with Gasteiger partial charge in [-0.2, -0.15) is 0 Å². The van der Waals surface area contributed by atoms with E-state index in [2.05, 4.69) is 81.5 Å². The van der Waals surface area contributed by atoms with Crippen LogP contribution in [0.2, 0.25) is 0 Å². The fourth-order valence-electron chi connectivity index (χ4n) is 8.59. The summed E-state index contributed by atoms with van der Waals surface area (Å²) in [5.41, 5.74) is 0. The first kappa shape index (κ1) is 66.1. The van der Waals surface area contributed by atoms with Crippen LogP contribution in [0.3, 0.4) is 0 Å². The van der Waals surface area contributed by atoms with E-state index in [-0.39, 0.29) is 31.1 Å². The SMILES string of the molecule is CC/C=C\C/C=C\C/C=C\C/C=C\C/C=C\CCCCCCCCCCCC(=O)OCC(COC(=O)CCCCCCC)OC(=O)CCCCCCCCCCCCCCCCCCCCCCC. The zero-order valence-corrected chi connectivity index (χ0v) is 45.8. The first-order valence-electron chi connectivity index (χ1n) is 29.8. The van der Waals surface area contributed by atoms with E-state index < -0.39 is 6.10 Å². The zero-order chi connectivity index (χ0) is 50.0. The fourth-order valence-corrected chi connectivity index (χ4v) is 8.59. The molecule has 0 saturated heterocycles. The van der Waals surface area contributed by atoms with E-state index in [1.54, 1.807) is 0 Å². The number of unbranched alkanes of at least 4 members (excludes halogenated alkanes) is 33. The summed E-state index contributed by atoms with van der Waals surface area (Å²) >= 11 is 0. The Bertz CT molecular complexity index is 1250. The fraction of sp³-hybridized carbons (Fsp3) is 0.794. The number of hydrogen-bond donors (Lipinski definition) is 0. The standard InChI is InChI=1S/C63H112O6/c1-4-7-10-13-15-17-19-21-23-25-27-29-30-31-32-34-35-37-39-41-43-45-47-50-53-56-62(65)68-59-60(58-67-61(64)55-52-49-12-9-6-3)69-63(66)57-54-51-48-46-44-42-40-38-36-33-28-26-24-22-20-18-16-14-11-8-5-2/h7,10,15,17,21,23,27,29,31-32,60H,4-6,8-9,11-14,16,18-20,22,24-26,28,30,33-59H2,1-3H3/b10-7-,17-15-,23-21-,29-27-,32-31-. The van der Waals surface area contributed by atoms with Crippen LogP contribution in [0, 0.1) is 0 Å². The van der Waals surface area contributed by atoms with Crippen LogP contribution in [-0.2, 0) is 28.6 Å². The Morgan fingerprint density at radius 2 is 0.565 bits per heavy atom. The number of rotatable bonds is 54. The van der Waals surface area contributed by atoms with Crippen LogP contribution in [0.1, 0.15) is 303 Å². The summed E-state index contributed by atoms with van der Waals surface area (Å²) in [7, 11) is 0. The Morgan fingerprint density at radius 3 is 0.884 bits per heavy atom. The van der Waals surface area contributed by atoms with E-state index in [0.29, 0.717) is 19.3 Å². The number of carbonyl (C=O) groups is 3. The minimum absolute atomic E-state index is 0.0739. The highest BCUT2D eigenvalue weighted by atomic mass is 16.6. The van der Waals surface area contributed by atoms with Crippen molar-refractivity contribution in [2.45, 2.75) is 309 Å². The van der Waals surface area contributed by atoms with Gasteiger partial charge in [-0.05, 0) is 64.2 Å². The van der Waals surface area contributed by atoms with Gasteiger partial charge in [0.1, 0.15) is 13.2 Å². The number of esters is 3. The van der Waals surface area contributed by atoms with Gasteiger partial charge >= 0.3 is 17.9 Å². The lowest BCUT2D eigenvalue weighted by molar-refractivity contribution is -0.167. The Hall–Kier alpha value is -2.89. The van der Waals surface area contributed by atoms with Crippen molar-refractivity contribution in [3.05, 3.63) is 60.8 Å². The molecule has 0 heterocycles. The van der Waals surface area contributed by atoms with Crippen LogP contribution in [0.5, 0.6) is 0 Å². The largest absolute Gasteiger partial charge is 0.462 e. The third kappa shape index (κ3) is 55.9. The average Bonchev–Trinajstić information content (AvgIpc) is 3.35. The summed E-state index contributed by atoms with van der Waals surface area (Å²) in [5, 5.41) is 0. The molecule has 0 amide bonds. The van der Waals surface area contributed by atoms with Crippen LogP contribution in [0.15, 0.2) is 60.8 Å². The highest BCUT2D eigenvalue weighted by molar-refractivity contribution is 5.71. The van der Waals surface area contributed by atoms with Crippen molar-refractivity contribution >= 4 is 17.9 Å². The number of allylic oxidation sites excluding steroid dienone is 10. The Balaban J connectivity index is 4.07. The van der Waals surface area contributed by atoms with E-state index in [4.69, 9.17) is 14.2 Å². The smallest absolute Gasteiger partial charge is 0.306 e. The summed E-state index contributed by atoms with van der Waals surface area (Å²) in [4.78, 5) is 37.8. The molecule has 0 aromatic heterocycles. The molecule has 0 aliphatic rings. The summed E-state index contributed by atoms with van der Waals surface area (Å²) in [6, 6.07) is 0. The zero-order valence-electron chi connectivity index (χ0n) is 45.8.